The van der Waals surface area contributed by atoms with Crippen LogP contribution in [0.25, 0.3) is 0 Å². The Balaban J connectivity index is 1.87. The van der Waals surface area contributed by atoms with Crippen LogP contribution in [-0.4, -0.2) is 6.61 Å². The number of hydrogen-bond donors (Lipinski definition) is 0. The minimum Gasteiger partial charge on any atom is -0.494 e. The molecule has 136 valence electrons. The Morgan fingerprint density at radius 3 is 2.00 bits per heavy atom. The van der Waals surface area contributed by atoms with Gasteiger partial charge in [0.25, 0.3) is 0 Å². The first kappa shape index (κ1) is 19.6. The lowest BCUT2D eigenvalue weighted by Gasteiger charge is -2.32. The van der Waals surface area contributed by atoms with E-state index in [1.54, 1.807) is 0 Å². The molecule has 0 spiro atoms. The van der Waals surface area contributed by atoms with Gasteiger partial charge in [0.1, 0.15) is 5.75 Å². The number of benzene rings is 2. The van der Waals surface area contributed by atoms with Gasteiger partial charge in [-0.3, -0.25) is 0 Å². The summed E-state index contributed by atoms with van der Waals surface area (Å²) >= 11 is 0. The van der Waals surface area contributed by atoms with Gasteiger partial charge in [0.05, 0.1) is 6.61 Å². The van der Waals surface area contributed by atoms with Crippen molar-refractivity contribution in [2.45, 2.75) is 60.3 Å². The molecule has 0 amide bonds. The highest BCUT2D eigenvalue weighted by molar-refractivity contribution is 5.28. The average molecular weight is 339 g/mol. The molecule has 0 aliphatic heterocycles. The zero-order valence-corrected chi connectivity index (χ0v) is 16.8. The number of hydrogen-bond acceptors (Lipinski definition) is 1. The van der Waals surface area contributed by atoms with Crippen LogP contribution < -0.4 is 4.74 Å². The van der Waals surface area contributed by atoms with E-state index in [2.05, 4.69) is 96.1 Å². The van der Waals surface area contributed by atoms with Gasteiger partial charge in [0.15, 0.2) is 0 Å². The summed E-state index contributed by atoms with van der Waals surface area (Å²) in [5, 5.41) is 0. The summed E-state index contributed by atoms with van der Waals surface area (Å²) in [7, 11) is 0. The van der Waals surface area contributed by atoms with Crippen molar-refractivity contribution in [1.29, 1.82) is 0 Å². The van der Waals surface area contributed by atoms with E-state index in [1.807, 2.05) is 0 Å². The lowest BCUT2D eigenvalue weighted by molar-refractivity contribution is 0.202. The molecule has 0 bridgehead atoms. The third kappa shape index (κ3) is 6.23. The highest BCUT2D eigenvalue weighted by atomic mass is 16.5. The second-order valence-electron chi connectivity index (χ2n) is 9.10. The second kappa shape index (κ2) is 8.08. The van der Waals surface area contributed by atoms with Crippen LogP contribution in [0.2, 0.25) is 0 Å². The summed E-state index contributed by atoms with van der Waals surface area (Å²) < 4.78 is 6.01. The Morgan fingerprint density at radius 2 is 1.44 bits per heavy atom. The van der Waals surface area contributed by atoms with Gasteiger partial charge < -0.3 is 4.74 Å². The summed E-state index contributed by atoms with van der Waals surface area (Å²) in [4.78, 5) is 0. The van der Waals surface area contributed by atoms with Gasteiger partial charge in [-0.1, -0.05) is 84.0 Å². The molecule has 0 N–H and O–H groups in total. The molecule has 1 atom stereocenters. The molecule has 0 aliphatic carbocycles. The first-order valence-corrected chi connectivity index (χ1v) is 9.44. The van der Waals surface area contributed by atoms with E-state index in [0.717, 1.165) is 25.2 Å². The fourth-order valence-electron chi connectivity index (χ4n) is 3.16. The van der Waals surface area contributed by atoms with Crippen LogP contribution in [-0.2, 0) is 6.42 Å². The molecule has 0 heterocycles. The Bertz CT molecular complexity index is 632. The largest absolute Gasteiger partial charge is 0.494 e. The molecule has 25 heavy (non-hydrogen) atoms. The average Bonchev–Trinajstić information content (AvgIpc) is 2.55. The van der Waals surface area contributed by atoms with Crippen LogP contribution in [0.3, 0.4) is 0 Å². The SMILES string of the molecule is CC(c1ccccc1)C(C)(C)CCOc1ccc(CC(C)(C)C)cc1. The summed E-state index contributed by atoms with van der Waals surface area (Å²) in [6.45, 7) is 14.6. The minimum atomic E-state index is 0.202. The van der Waals surface area contributed by atoms with Gasteiger partial charge in [-0.2, -0.15) is 0 Å². The Kier molecular flexibility index (Phi) is 6.32. The molecule has 1 nitrogen and oxygen atoms in total. The predicted octanol–water partition coefficient (Wildman–Crippen LogP) is 6.87. The predicted molar refractivity (Wildman–Crippen MR) is 108 cm³/mol. The molecule has 2 aromatic carbocycles. The van der Waals surface area contributed by atoms with Crippen LogP contribution in [0, 0.1) is 10.8 Å². The molecule has 1 unspecified atom stereocenters. The van der Waals surface area contributed by atoms with E-state index in [-0.39, 0.29) is 5.41 Å². The molecule has 0 saturated heterocycles. The molecule has 0 fully saturated rings. The third-order valence-electron chi connectivity index (χ3n) is 5.14. The highest BCUT2D eigenvalue weighted by Crippen LogP contribution is 2.38. The van der Waals surface area contributed by atoms with Crippen LogP contribution >= 0.6 is 0 Å². The van der Waals surface area contributed by atoms with Crippen LogP contribution in [0.1, 0.15) is 65.0 Å². The highest BCUT2D eigenvalue weighted by Gasteiger charge is 2.26. The zero-order chi connectivity index (χ0) is 18.5. The molecule has 1 heteroatoms. The fourth-order valence-corrected chi connectivity index (χ4v) is 3.16. The van der Waals surface area contributed by atoms with E-state index in [0.29, 0.717) is 11.3 Å². The van der Waals surface area contributed by atoms with Crippen LogP contribution in [0.4, 0.5) is 0 Å². The lowest BCUT2D eigenvalue weighted by atomic mass is 9.74. The van der Waals surface area contributed by atoms with Crippen molar-refractivity contribution in [3.05, 3.63) is 65.7 Å². The van der Waals surface area contributed by atoms with Crippen molar-refractivity contribution >= 4 is 0 Å². The number of rotatable bonds is 7. The fraction of sp³-hybridized carbons (Fsp3) is 0.500. The monoisotopic (exact) mass is 338 g/mol. The lowest BCUT2D eigenvalue weighted by Crippen LogP contribution is -2.22. The second-order valence-corrected chi connectivity index (χ2v) is 9.10. The van der Waals surface area contributed by atoms with Gasteiger partial charge in [-0.05, 0) is 52.8 Å². The normalized spacial score (nSPS) is 13.5. The van der Waals surface area contributed by atoms with E-state index in [9.17, 15) is 0 Å². The molecule has 2 aromatic rings. The van der Waals surface area contributed by atoms with E-state index < -0.39 is 0 Å². The Hall–Kier alpha value is -1.76. The smallest absolute Gasteiger partial charge is 0.119 e. The van der Waals surface area contributed by atoms with Crippen molar-refractivity contribution in [2.24, 2.45) is 10.8 Å². The van der Waals surface area contributed by atoms with E-state index in [4.69, 9.17) is 4.74 Å². The van der Waals surface area contributed by atoms with Crippen molar-refractivity contribution in [3.8, 4) is 5.75 Å². The summed E-state index contributed by atoms with van der Waals surface area (Å²) in [6.07, 6.45) is 2.13. The van der Waals surface area contributed by atoms with Gasteiger partial charge in [-0.15, -0.1) is 0 Å². The molecule has 2 rings (SSSR count). The minimum absolute atomic E-state index is 0.202. The maximum Gasteiger partial charge on any atom is 0.119 e. The zero-order valence-electron chi connectivity index (χ0n) is 16.8. The maximum atomic E-state index is 6.01. The van der Waals surface area contributed by atoms with E-state index in [1.165, 1.54) is 11.1 Å². The maximum absolute atomic E-state index is 6.01. The summed E-state index contributed by atoms with van der Waals surface area (Å²) in [5.74, 6) is 1.48. The summed E-state index contributed by atoms with van der Waals surface area (Å²) in [6, 6.07) is 19.4. The molecular formula is C24H34O. The van der Waals surface area contributed by atoms with Crippen molar-refractivity contribution in [2.75, 3.05) is 6.61 Å². The van der Waals surface area contributed by atoms with Crippen LogP contribution in [0.5, 0.6) is 5.75 Å². The van der Waals surface area contributed by atoms with Gasteiger partial charge >= 0.3 is 0 Å². The molecular weight excluding hydrogens is 304 g/mol. The topological polar surface area (TPSA) is 9.23 Å². The molecule has 0 aliphatic rings. The third-order valence-corrected chi connectivity index (χ3v) is 5.14. The standard InChI is InChI=1S/C24H34O/c1-19(21-10-8-7-9-11-21)24(5,6)16-17-25-22-14-12-20(13-15-22)18-23(2,3)4/h7-15,19H,16-18H2,1-6H3. The molecule has 0 aromatic heterocycles. The van der Waals surface area contributed by atoms with Crippen molar-refractivity contribution < 1.29 is 4.74 Å². The quantitative estimate of drug-likeness (QED) is 0.535. The molecule has 0 radical (unpaired) electrons. The van der Waals surface area contributed by atoms with Crippen molar-refractivity contribution in [1.82, 2.24) is 0 Å². The first-order chi connectivity index (χ1) is 11.7. The van der Waals surface area contributed by atoms with Gasteiger partial charge in [-0.25, -0.2) is 0 Å². The summed E-state index contributed by atoms with van der Waals surface area (Å²) in [5.41, 5.74) is 3.30. The van der Waals surface area contributed by atoms with Gasteiger partial charge in [0.2, 0.25) is 0 Å². The first-order valence-electron chi connectivity index (χ1n) is 9.44. The van der Waals surface area contributed by atoms with Gasteiger partial charge in [0, 0.05) is 0 Å². The number of ether oxygens (including phenoxy) is 1. The Morgan fingerprint density at radius 1 is 0.840 bits per heavy atom. The Labute approximate surface area is 154 Å². The van der Waals surface area contributed by atoms with Crippen molar-refractivity contribution in [3.63, 3.8) is 0 Å². The van der Waals surface area contributed by atoms with Crippen LogP contribution in [0.15, 0.2) is 54.6 Å². The van der Waals surface area contributed by atoms with E-state index >= 15 is 0 Å². The molecule has 0 saturated carbocycles.